The Balaban J connectivity index is 1.37. The zero-order valence-corrected chi connectivity index (χ0v) is 15.0. The topological polar surface area (TPSA) is 89.8 Å². The first-order valence-electron chi connectivity index (χ1n) is 9.27. The summed E-state index contributed by atoms with van der Waals surface area (Å²) in [6, 6.07) is 9.02. The lowest BCUT2D eigenvalue weighted by Crippen LogP contribution is -2.31. The first-order chi connectivity index (χ1) is 13.2. The van der Waals surface area contributed by atoms with Gasteiger partial charge in [0.2, 0.25) is 0 Å². The molecule has 3 aromatic rings. The molecule has 0 saturated heterocycles. The van der Waals surface area contributed by atoms with Gasteiger partial charge in [0.1, 0.15) is 5.69 Å². The smallest absolute Gasteiger partial charge is 0.271 e. The quantitative estimate of drug-likeness (QED) is 0.751. The average molecular weight is 363 g/mol. The van der Waals surface area contributed by atoms with E-state index in [1.807, 2.05) is 24.3 Å². The summed E-state index contributed by atoms with van der Waals surface area (Å²) >= 11 is 0. The fourth-order valence-electron chi connectivity index (χ4n) is 3.50. The van der Waals surface area contributed by atoms with Gasteiger partial charge in [0.25, 0.3) is 11.5 Å². The van der Waals surface area contributed by atoms with Gasteiger partial charge in [0, 0.05) is 25.1 Å². The van der Waals surface area contributed by atoms with E-state index < -0.39 is 0 Å². The Hall–Kier alpha value is -3.09. The van der Waals surface area contributed by atoms with Crippen molar-refractivity contribution in [2.45, 2.75) is 38.1 Å². The van der Waals surface area contributed by atoms with Crippen molar-refractivity contribution < 1.29 is 4.79 Å². The molecule has 1 aliphatic rings. The number of nitrogens with one attached hydrogen (secondary N) is 1. The Morgan fingerprint density at radius 3 is 2.70 bits per heavy atom. The average Bonchev–Trinajstić information content (AvgIpc) is 3.23. The molecule has 7 nitrogen and oxygen atoms in total. The number of amides is 1. The van der Waals surface area contributed by atoms with E-state index in [-0.39, 0.29) is 17.2 Å². The number of hydrogen-bond donors (Lipinski definition) is 1. The van der Waals surface area contributed by atoms with E-state index in [1.54, 1.807) is 12.4 Å². The van der Waals surface area contributed by atoms with Crippen molar-refractivity contribution >= 4 is 16.9 Å². The van der Waals surface area contributed by atoms with Gasteiger partial charge in [0.05, 0.1) is 29.3 Å². The highest BCUT2D eigenvalue weighted by Gasteiger charge is 2.19. The van der Waals surface area contributed by atoms with Crippen LogP contribution in [-0.4, -0.2) is 32.0 Å². The molecule has 0 radical (unpaired) electrons. The second-order valence-electron chi connectivity index (χ2n) is 6.83. The molecule has 0 spiro atoms. The molecule has 0 unspecified atom stereocenters. The molecular weight excluding hydrogens is 342 g/mol. The molecule has 138 valence electrons. The number of aromatic nitrogens is 4. The molecule has 27 heavy (non-hydrogen) atoms. The monoisotopic (exact) mass is 363 g/mol. The van der Waals surface area contributed by atoms with Crippen molar-refractivity contribution in [3.8, 4) is 0 Å². The third kappa shape index (κ3) is 3.86. The van der Waals surface area contributed by atoms with Crippen LogP contribution in [0.2, 0.25) is 0 Å². The fourth-order valence-corrected chi connectivity index (χ4v) is 3.50. The van der Waals surface area contributed by atoms with Crippen molar-refractivity contribution in [3.63, 3.8) is 0 Å². The van der Waals surface area contributed by atoms with E-state index in [0.717, 1.165) is 24.1 Å². The predicted molar refractivity (Wildman–Crippen MR) is 102 cm³/mol. The highest BCUT2D eigenvalue weighted by atomic mass is 16.2. The molecule has 1 saturated carbocycles. The molecule has 2 aromatic heterocycles. The molecule has 0 atom stereocenters. The van der Waals surface area contributed by atoms with Crippen LogP contribution in [0.25, 0.3) is 11.0 Å². The highest BCUT2D eigenvalue weighted by molar-refractivity contribution is 5.93. The molecule has 1 aromatic carbocycles. The Bertz CT molecular complexity index is 1020. The van der Waals surface area contributed by atoms with Crippen LogP contribution in [-0.2, 0) is 6.54 Å². The van der Waals surface area contributed by atoms with Crippen molar-refractivity contribution in [1.29, 1.82) is 0 Å². The van der Waals surface area contributed by atoms with Gasteiger partial charge in [-0.25, -0.2) is 9.97 Å². The number of nitrogens with zero attached hydrogens (tertiary/aromatic N) is 4. The minimum Gasteiger partial charge on any atom is -0.349 e. The fraction of sp³-hybridized carbons (Fsp3) is 0.350. The molecule has 1 fully saturated rings. The van der Waals surface area contributed by atoms with Gasteiger partial charge in [0.15, 0.2) is 0 Å². The summed E-state index contributed by atoms with van der Waals surface area (Å²) in [7, 11) is 0. The second-order valence-corrected chi connectivity index (χ2v) is 6.83. The van der Waals surface area contributed by atoms with E-state index in [1.165, 1.54) is 23.6 Å². The molecule has 0 bridgehead atoms. The number of carbonyl (C=O) groups is 1. The summed E-state index contributed by atoms with van der Waals surface area (Å²) in [6.07, 6.45) is 7.68. The van der Waals surface area contributed by atoms with E-state index in [0.29, 0.717) is 24.5 Å². The highest BCUT2D eigenvalue weighted by Crippen LogP contribution is 2.32. The molecular formula is C20H21N5O2. The van der Waals surface area contributed by atoms with Gasteiger partial charge < -0.3 is 5.32 Å². The first kappa shape index (κ1) is 17.3. The summed E-state index contributed by atoms with van der Waals surface area (Å²) in [5.74, 6) is 0.107. The Kier molecular flexibility index (Phi) is 4.91. The maximum absolute atomic E-state index is 12.3. The minimum absolute atomic E-state index is 0.0772. The number of carbonyl (C=O) groups excluding carboxylic acids is 1. The van der Waals surface area contributed by atoms with Gasteiger partial charge in [-0.15, -0.1) is 0 Å². The van der Waals surface area contributed by atoms with Gasteiger partial charge >= 0.3 is 0 Å². The van der Waals surface area contributed by atoms with Crippen LogP contribution >= 0.6 is 0 Å². The first-order valence-corrected chi connectivity index (χ1v) is 9.27. The third-order valence-corrected chi connectivity index (χ3v) is 4.99. The SMILES string of the molecule is O=C(NCCn1cnc(C2CCCC2)cc1=O)c1cnc2ccccc2n1. The van der Waals surface area contributed by atoms with Crippen molar-refractivity contribution in [2.24, 2.45) is 0 Å². The molecule has 4 rings (SSSR count). The summed E-state index contributed by atoms with van der Waals surface area (Å²) in [4.78, 5) is 37.6. The van der Waals surface area contributed by atoms with Crippen molar-refractivity contribution in [2.75, 3.05) is 6.54 Å². The molecule has 1 amide bonds. The normalized spacial score (nSPS) is 14.5. The van der Waals surface area contributed by atoms with Crippen LogP contribution < -0.4 is 10.9 Å². The zero-order chi connectivity index (χ0) is 18.6. The Morgan fingerprint density at radius 1 is 1.15 bits per heavy atom. The summed E-state index contributed by atoms with van der Waals surface area (Å²) in [5, 5.41) is 2.78. The number of para-hydroxylation sites is 2. The lowest BCUT2D eigenvalue weighted by atomic mass is 10.0. The Labute approximate surface area is 156 Å². The van der Waals surface area contributed by atoms with E-state index >= 15 is 0 Å². The maximum atomic E-state index is 12.3. The van der Waals surface area contributed by atoms with E-state index in [2.05, 4.69) is 20.3 Å². The Morgan fingerprint density at radius 2 is 1.93 bits per heavy atom. The van der Waals surface area contributed by atoms with Crippen LogP contribution in [0.4, 0.5) is 0 Å². The number of rotatable bonds is 5. The summed E-state index contributed by atoms with van der Waals surface area (Å²) < 4.78 is 1.52. The van der Waals surface area contributed by atoms with Gasteiger partial charge in [-0.3, -0.25) is 19.1 Å². The van der Waals surface area contributed by atoms with Crippen molar-refractivity contribution in [1.82, 2.24) is 24.8 Å². The van der Waals surface area contributed by atoms with E-state index in [4.69, 9.17) is 0 Å². The van der Waals surface area contributed by atoms with E-state index in [9.17, 15) is 9.59 Å². The number of hydrogen-bond acceptors (Lipinski definition) is 5. The molecule has 1 N–H and O–H groups in total. The summed E-state index contributed by atoms with van der Waals surface area (Å²) in [5.41, 5.74) is 2.49. The second kappa shape index (κ2) is 7.65. The summed E-state index contributed by atoms with van der Waals surface area (Å²) in [6.45, 7) is 0.682. The lowest BCUT2D eigenvalue weighted by Gasteiger charge is -2.11. The molecule has 0 aliphatic heterocycles. The van der Waals surface area contributed by atoms with Crippen LogP contribution in [0.5, 0.6) is 0 Å². The van der Waals surface area contributed by atoms with Crippen LogP contribution in [0.3, 0.4) is 0 Å². The minimum atomic E-state index is -0.308. The largest absolute Gasteiger partial charge is 0.349 e. The van der Waals surface area contributed by atoms with Crippen LogP contribution in [0, 0.1) is 0 Å². The molecule has 1 aliphatic carbocycles. The maximum Gasteiger partial charge on any atom is 0.271 e. The standard InChI is InChI=1S/C20H21N5O2/c26-19-11-17(14-5-1-2-6-14)23-13-25(19)10-9-21-20(27)18-12-22-15-7-3-4-8-16(15)24-18/h3-4,7-8,11-14H,1-2,5-6,9-10H2,(H,21,27). The van der Waals surface area contributed by atoms with Gasteiger partial charge in [-0.05, 0) is 25.0 Å². The lowest BCUT2D eigenvalue weighted by molar-refractivity contribution is 0.0947. The third-order valence-electron chi connectivity index (χ3n) is 4.99. The van der Waals surface area contributed by atoms with Crippen LogP contribution in [0.15, 0.2) is 47.7 Å². The van der Waals surface area contributed by atoms with Crippen molar-refractivity contribution in [3.05, 3.63) is 64.6 Å². The number of benzene rings is 1. The number of fused-ring (bicyclic) bond motifs is 1. The molecule has 7 heteroatoms. The predicted octanol–water partition coefficient (Wildman–Crippen LogP) is 2.27. The molecule has 2 heterocycles. The van der Waals surface area contributed by atoms with Gasteiger partial charge in [-0.2, -0.15) is 0 Å². The zero-order valence-electron chi connectivity index (χ0n) is 15.0. The van der Waals surface area contributed by atoms with Crippen LogP contribution in [0.1, 0.15) is 47.8 Å². The van der Waals surface area contributed by atoms with Gasteiger partial charge in [-0.1, -0.05) is 25.0 Å².